The lowest BCUT2D eigenvalue weighted by Crippen LogP contribution is -2.28. The van der Waals surface area contributed by atoms with Gasteiger partial charge >= 0.3 is 0 Å². The number of Topliss-reactive ketones (excluding diaryl/α,β-unsaturated/α-hetero) is 1. The Morgan fingerprint density at radius 2 is 1.59 bits per heavy atom. The molecule has 2 aromatic rings. The minimum atomic E-state index is 0.0684. The molecule has 1 aliphatic carbocycles. The van der Waals surface area contributed by atoms with E-state index >= 15 is 0 Å². The summed E-state index contributed by atoms with van der Waals surface area (Å²) in [5, 5.41) is 0. The predicted octanol–water partition coefficient (Wildman–Crippen LogP) is 4.35. The molecule has 2 aromatic carbocycles. The van der Waals surface area contributed by atoms with Crippen molar-refractivity contribution in [2.45, 2.75) is 19.9 Å². The summed E-state index contributed by atoms with van der Waals surface area (Å²) in [6, 6.07) is 18.2. The molecular weight excluding hydrogens is 270 g/mol. The number of benzene rings is 2. The second-order valence-corrected chi connectivity index (χ2v) is 5.55. The van der Waals surface area contributed by atoms with Crippen LogP contribution in [0.4, 0.5) is 0 Å². The maximum atomic E-state index is 12.9. The molecule has 1 unspecified atom stereocenters. The van der Waals surface area contributed by atoms with Crippen LogP contribution in [0.15, 0.2) is 60.2 Å². The first-order valence-corrected chi connectivity index (χ1v) is 7.90. The third-order valence-electron chi connectivity index (χ3n) is 4.36. The Bertz CT molecular complexity index is 699. The standard InChI is InChI=1S/C20H21NO/c1-3-21(4-2)19-16-12-8-9-13-17(16)20(22)18(19)14-15-10-6-5-7-11-15/h5-14,19H,3-4H2,1-2H3/b18-14+. The molecule has 2 nitrogen and oxygen atoms in total. The summed E-state index contributed by atoms with van der Waals surface area (Å²) in [4.78, 5) is 15.2. The lowest BCUT2D eigenvalue weighted by atomic mass is 10.0. The zero-order valence-electron chi connectivity index (χ0n) is 13.1. The Hall–Kier alpha value is -2.19. The highest BCUT2D eigenvalue weighted by Crippen LogP contribution is 2.40. The maximum absolute atomic E-state index is 12.9. The number of rotatable bonds is 4. The Labute approximate surface area is 132 Å². The number of nitrogens with zero attached hydrogens (tertiary/aromatic N) is 1. The monoisotopic (exact) mass is 291 g/mol. The van der Waals surface area contributed by atoms with Gasteiger partial charge in [0.05, 0.1) is 6.04 Å². The minimum absolute atomic E-state index is 0.0684. The van der Waals surface area contributed by atoms with Gasteiger partial charge in [-0.05, 0) is 30.3 Å². The van der Waals surface area contributed by atoms with Crippen LogP contribution in [0.5, 0.6) is 0 Å². The van der Waals surface area contributed by atoms with E-state index in [0.717, 1.165) is 35.4 Å². The fraction of sp³-hybridized carbons (Fsp3) is 0.250. The van der Waals surface area contributed by atoms with Gasteiger partial charge in [-0.1, -0.05) is 68.4 Å². The molecule has 3 rings (SSSR count). The van der Waals surface area contributed by atoms with Crippen molar-refractivity contribution in [2.24, 2.45) is 0 Å². The van der Waals surface area contributed by atoms with Gasteiger partial charge in [0.25, 0.3) is 0 Å². The lowest BCUT2D eigenvalue weighted by Gasteiger charge is -2.27. The summed E-state index contributed by atoms with van der Waals surface area (Å²) < 4.78 is 0. The van der Waals surface area contributed by atoms with E-state index in [0.29, 0.717) is 0 Å². The second-order valence-electron chi connectivity index (χ2n) is 5.55. The van der Waals surface area contributed by atoms with Gasteiger partial charge in [-0.3, -0.25) is 9.69 Å². The molecule has 0 fully saturated rings. The highest BCUT2D eigenvalue weighted by molar-refractivity contribution is 6.16. The van der Waals surface area contributed by atoms with Gasteiger partial charge in [-0.25, -0.2) is 0 Å². The molecule has 0 saturated heterocycles. The lowest BCUT2D eigenvalue weighted by molar-refractivity contribution is 0.102. The molecule has 0 amide bonds. The molecule has 0 aromatic heterocycles. The summed E-state index contributed by atoms with van der Waals surface area (Å²) in [5.74, 6) is 0.163. The van der Waals surface area contributed by atoms with Crippen molar-refractivity contribution < 1.29 is 4.79 Å². The van der Waals surface area contributed by atoms with E-state index in [1.165, 1.54) is 0 Å². The molecule has 0 N–H and O–H groups in total. The Kier molecular flexibility index (Phi) is 4.21. The Morgan fingerprint density at radius 3 is 2.27 bits per heavy atom. The minimum Gasteiger partial charge on any atom is -0.293 e. The van der Waals surface area contributed by atoms with E-state index in [9.17, 15) is 4.79 Å². The van der Waals surface area contributed by atoms with Gasteiger partial charge in [-0.2, -0.15) is 0 Å². The molecule has 22 heavy (non-hydrogen) atoms. The molecule has 0 spiro atoms. The number of hydrogen-bond acceptors (Lipinski definition) is 2. The zero-order valence-corrected chi connectivity index (χ0v) is 13.1. The Morgan fingerprint density at radius 1 is 0.955 bits per heavy atom. The number of ketones is 1. The smallest absolute Gasteiger partial charge is 0.191 e. The van der Waals surface area contributed by atoms with Gasteiger partial charge in [0.15, 0.2) is 5.78 Å². The first-order valence-electron chi connectivity index (χ1n) is 7.90. The van der Waals surface area contributed by atoms with E-state index in [4.69, 9.17) is 0 Å². The summed E-state index contributed by atoms with van der Waals surface area (Å²) in [6.07, 6.45) is 2.05. The van der Waals surface area contributed by atoms with Gasteiger partial charge in [-0.15, -0.1) is 0 Å². The quantitative estimate of drug-likeness (QED) is 0.781. The summed E-state index contributed by atoms with van der Waals surface area (Å²) >= 11 is 0. The highest BCUT2D eigenvalue weighted by Gasteiger charge is 2.36. The third kappa shape index (κ3) is 2.51. The van der Waals surface area contributed by atoms with Crippen molar-refractivity contribution in [3.63, 3.8) is 0 Å². The predicted molar refractivity (Wildman–Crippen MR) is 90.9 cm³/mol. The summed E-state index contributed by atoms with van der Waals surface area (Å²) in [5.41, 5.74) is 3.95. The highest BCUT2D eigenvalue weighted by atomic mass is 16.1. The molecule has 0 heterocycles. The molecule has 0 bridgehead atoms. The van der Waals surface area contributed by atoms with Gasteiger partial charge in [0.2, 0.25) is 0 Å². The zero-order chi connectivity index (χ0) is 15.5. The molecule has 112 valence electrons. The molecule has 0 saturated carbocycles. The van der Waals surface area contributed by atoms with Crippen LogP contribution in [0, 0.1) is 0 Å². The fourth-order valence-electron chi connectivity index (χ4n) is 3.24. The number of fused-ring (bicyclic) bond motifs is 1. The average molecular weight is 291 g/mol. The van der Waals surface area contributed by atoms with Crippen molar-refractivity contribution in [3.05, 3.63) is 76.9 Å². The van der Waals surface area contributed by atoms with Crippen LogP contribution in [0.1, 0.15) is 41.4 Å². The average Bonchev–Trinajstić information content (AvgIpc) is 2.84. The molecule has 1 atom stereocenters. The van der Waals surface area contributed by atoms with Crippen LogP contribution in [0.3, 0.4) is 0 Å². The molecule has 0 radical (unpaired) electrons. The van der Waals surface area contributed by atoms with Crippen molar-refractivity contribution in [1.82, 2.24) is 4.90 Å². The van der Waals surface area contributed by atoms with Gasteiger partial charge in [0, 0.05) is 11.1 Å². The molecule has 2 heteroatoms. The fourth-order valence-corrected chi connectivity index (χ4v) is 3.24. The van der Waals surface area contributed by atoms with Crippen LogP contribution in [0.25, 0.3) is 6.08 Å². The maximum Gasteiger partial charge on any atom is 0.191 e. The van der Waals surface area contributed by atoms with Crippen molar-refractivity contribution in [2.75, 3.05) is 13.1 Å². The number of carbonyl (C=O) groups is 1. The SMILES string of the molecule is CCN(CC)C1/C(=C\c2ccccc2)C(=O)c2ccccc21. The number of carbonyl (C=O) groups excluding carboxylic acids is 1. The van der Waals surface area contributed by atoms with Crippen LogP contribution >= 0.6 is 0 Å². The van der Waals surface area contributed by atoms with E-state index in [1.807, 2.05) is 54.6 Å². The molecule has 0 aliphatic heterocycles. The van der Waals surface area contributed by atoms with E-state index in [1.54, 1.807) is 0 Å². The number of hydrogen-bond donors (Lipinski definition) is 0. The third-order valence-corrected chi connectivity index (χ3v) is 4.36. The Balaban J connectivity index is 2.12. The van der Waals surface area contributed by atoms with Crippen molar-refractivity contribution in [3.8, 4) is 0 Å². The summed E-state index contributed by atoms with van der Waals surface area (Å²) in [6.45, 7) is 6.15. The number of likely N-dealkylation sites (N-methyl/N-ethyl adjacent to an activating group) is 1. The van der Waals surface area contributed by atoms with Crippen molar-refractivity contribution in [1.29, 1.82) is 0 Å². The van der Waals surface area contributed by atoms with Crippen molar-refractivity contribution >= 4 is 11.9 Å². The van der Waals surface area contributed by atoms with Gasteiger partial charge in [0.1, 0.15) is 0 Å². The second kappa shape index (κ2) is 6.29. The van der Waals surface area contributed by atoms with Crippen LogP contribution in [-0.2, 0) is 0 Å². The normalized spacial score (nSPS) is 19.0. The molecular formula is C20H21NO. The van der Waals surface area contributed by atoms with E-state index in [2.05, 4.69) is 24.8 Å². The summed E-state index contributed by atoms with van der Waals surface area (Å²) in [7, 11) is 0. The largest absolute Gasteiger partial charge is 0.293 e. The van der Waals surface area contributed by atoms with Crippen LogP contribution in [-0.4, -0.2) is 23.8 Å². The first-order chi connectivity index (χ1) is 10.8. The molecule has 1 aliphatic rings. The van der Waals surface area contributed by atoms with Crippen LogP contribution in [0.2, 0.25) is 0 Å². The van der Waals surface area contributed by atoms with E-state index < -0.39 is 0 Å². The van der Waals surface area contributed by atoms with E-state index in [-0.39, 0.29) is 11.8 Å². The first kappa shape index (κ1) is 14.7. The van der Waals surface area contributed by atoms with Gasteiger partial charge < -0.3 is 0 Å². The van der Waals surface area contributed by atoms with Crippen LogP contribution < -0.4 is 0 Å². The topological polar surface area (TPSA) is 20.3 Å².